The van der Waals surface area contributed by atoms with Gasteiger partial charge >= 0.3 is 0 Å². The van der Waals surface area contributed by atoms with Crippen LogP contribution in [0.4, 0.5) is 14.5 Å². The fraction of sp³-hybridized carbons (Fsp3) is 0.125. The van der Waals surface area contributed by atoms with Gasteiger partial charge in [0.1, 0.15) is 17.9 Å². The van der Waals surface area contributed by atoms with Crippen LogP contribution in [0.25, 0.3) is 0 Å². The minimum Gasteiger partial charge on any atom is -0.493 e. The molecule has 120 valence electrons. The summed E-state index contributed by atoms with van der Waals surface area (Å²) in [7, 11) is 1.39. The summed E-state index contributed by atoms with van der Waals surface area (Å²) >= 11 is 0. The number of amides is 1. The second-order valence-electron chi connectivity index (χ2n) is 4.49. The molecule has 0 saturated heterocycles. The van der Waals surface area contributed by atoms with Crippen LogP contribution >= 0.6 is 0 Å². The lowest BCUT2D eigenvalue weighted by Gasteiger charge is -2.11. The molecule has 5 nitrogen and oxygen atoms in total. The van der Waals surface area contributed by atoms with Gasteiger partial charge in [-0.2, -0.15) is 0 Å². The lowest BCUT2D eigenvalue weighted by molar-refractivity contribution is -0.118. The molecule has 0 atom stereocenters. The molecule has 2 rings (SSSR count). The van der Waals surface area contributed by atoms with E-state index >= 15 is 0 Å². The number of carbonyl (C=O) groups excluding carboxylic acids is 2. The van der Waals surface area contributed by atoms with E-state index in [1.165, 1.54) is 25.3 Å². The molecule has 2 aromatic rings. The Balaban J connectivity index is 2.00. The van der Waals surface area contributed by atoms with E-state index < -0.39 is 24.1 Å². The molecule has 0 aliphatic heterocycles. The van der Waals surface area contributed by atoms with E-state index in [0.717, 1.165) is 12.1 Å². The Hall–Kier alpha value is -2.96. The number of nitrogens with one attached hydrogen (secondary N) is 1. The van der Waals surface area contributed by atoms with E-state index in [2.05, 4.69) is 5.32 Å². The maximum Gasteiger partial charge on any atom is 0.262 e. The van der Waals surface area contributed by atoms with E-state index in [4.69, 9.17) is 9.47 Å². The zero-order chi connectivity index (χ0) is 16.8. The van der Waals surface area contributed by atoms with Crippen molar-refractivity contribution in [2.24, 2.45) is 0 Å². The monoisotopic (exact) mass is 321 g/mol. The van der Waals surface area contributed by atoms with Gasteiger partial charge in [0.05, 0.1) is 12.8 Å². The van der Waals surface area contributed by atoms with Crippen LogP contribution in [0.15, 0.2) is 36.4 Å². The molecule has 0 unspecified atom stereocenters. The van der Waals surface area contributed by atoms with Crippen molar-refractivity contribution in [3.8, 4) is 11.5 Å². The molecule has 1 N–H and O–H groups in total. The molecule has 0 fully saturated rings. The zero-order valence-electron chi connectivity index (χ0n) is 12.1. The Morgan fingerprint density at radius 1 is 1.17 bits per heavy atom. The molecule has 0 aliphatic rings. The molecule has 0 aromatic heterocycles. The van der Waals surface area contributed by atoms with Gasteiger partial charge < -0.3 is 14.8 Å². The number of halogens is 2. The summed E-state index contributed by atoms with van der Waals surface area (Å²) in [5.41, 5.74) is 0.246. The van der Waals surface area contributed by atoms with Crippen LogP contribution in [0.3, 0.4) is 0 Å². The quantitative estimate of drug-likeness (QED) is 0.831. The predicted octanol–water partition coefficient (Wildman–Crippen LogP) is 2.80. The van der Waals surface area contributed by atoms with Crippen LogP contribution in [0.2, 0.25) is 0 Å². The minimum absolute atomic E-state index is 0.150. The summed E-state index contributed by atoms with van der Waals surface area (Å²) in [4.78, 5) is 22.4. The first-order chi connectivity index (χ1) is 11.0. The number of carbonyl (C=O) groups is 2. The van der Waals surface area contributed by atoms with Gasteiger partial charge in [-0.05, 0) is 30.3 Å². The molecular formula is C16H13F2NO4. The molecule has 0 bridgehead atoms. The molecular weight excluding hydrogens is 308 g/mol. The number of anilines is 1. The summed E-state index contributed by atoms with van der Waals surface area (Å²) in [6.07, 6.45) is 0.649. The largest absolute Gasteiger partial charge is 0.493 e. The average Bonchev–Trinajstić information content (AvgIpc) is 2.55. The third-order valence-electron chi connectivity index (χ3n) is 2.89. The minimum atomic E-state index is -0.883. The summed E-state index contributed by atoms with van der Waals surface area (Å²) < 4.78 is 36.5. The van der Waals surface area contributed by atoms with Crippen molar-refractivity contribution in [2.45, 2.75) is 0 Å². The van der Waals surface area contributed by atoms with Gasteiger partial charge in [-0.3, -0.25) is 9.59 Å². The Bertz CT molecular complexity index is 734. The Morgan fingerprint density at radius 2 is 1.96 bits per heavy atom. The lowest BCUT2D eigenvalue weighted by atomic mass is 10.2. The van der Waals surface area contributed by atoms with E-state index in [0.29, 0.717) is 17.9 Å². The highest BCUT2D eigenvalue weighted by molar-refractivity contribution is 5.92. The van der Waals surface area contributed by atoms with Crippen molar-refractivity contribution in [3.63, 3.8) is 0 Å². The molecule has 0 heterocycles. The molecule has 0 radical (unpaired) electrons. The summed E-state index contributed by atoms with van der Waals surface area (Å²) in [5.74, 6) is -1.71. The summed E-state index contributed by atoms with van der Waals surface area (Å²) in [6, 6.07) is 7.25. The van der Waals surface area contributed by atoms with Crippen LogP contribution in [-0.2, 0) is 4.79 Å². The lowest BCUT2D eigenvalue weighted by Crippen LogP contribution is -2.21. The first-order valence-electron chi connectivity index (χ1n) is 6.54. The van der Waals surface area contributed by atoms with Crippen molar-refractivity contribution in [1.29, 1.82) is 0 Å². The van der Waals surface area contributed by atoms with Gasteiger partial charge in [0, 0.05) is 11.6 Å². The normalized spacial score (nSPS) is 10.0. The van der Waals surface area contributed by atoms with Gasteiger partial charge in [-0.1, -0.05) is 0 Å². The predicted molar refractivity (Wildman–Crippen MR) is 78.9 cm³/mol. The SMILES string of the molecule is COc1cc(C=O)ccc1OCC(=O)Nc1ccc(F)cc1F. The van der Waals surface area contributed by atoms with E-state index in [-0.39, 0.29) is 17.2 Å². The molecule has 0 spiro atoms. The standard InChI is InChI=1S/C16H13F2NO4/c1-22-15-6-10(8-20)2-5-14(15)23-9-16(21)19-13-4-3-11(17)7-12(13)18/h2-8H,9H2,1H3,(H,19,21). The Morgan fingerprint density at radius 3 is 2.61 bits per heavy atom. The van der Waals surface area contributed by atoms with Gasteiger partial charge in [0.25, 0.3) is 5.91 Å². The maximum atomic E-state index is 13.4. The summed E-state index contributed by atoms with van der Waals surface area (Å²) in [6.45, 7) is -0.409. The summed E-state index contributed by atoms with van der Waals surface area (Å²) in [5, 5.41) is 2.27. The van der Waals surface area contributed by atoms with Crippen LogP contribution in [0, 0.1) is 11.6 Å². The van der Waals surface area contributed by atoms with Crippen molar-refractivity contribution in [2.75, 3.05) is 19.0 Å². The fourth-order valence-corrected chi connectivity index (χ4v) is 1.80. The highest BCUT2D eigenvalue weighted by atomic mass is 19.1. The number of rotatable bonds is 6. The van der Waals surface area contributed by atoms with E-state index in [9.17, 15) is 18.4 Å². The third-order valence-corrected chi connectivity index (χ3v) is 2.89. The number of aldehydes is 1. The molecule has 1 amide bonds. The zero-order valence-corrected chi connectivity index (χ0v) is 12.1. The topological polar surface area (TPSA) is 64.6 Å². The number of hydrogen-bond donors (Lipinski definition) is 1. The van der Waals surface area contributed by atoms with Gasteiger partial charge in [0.2, 0.25) is 0 Å². The van der Waals surface area contributed by atoms with Crippen LogP contribution in [0.5, 0.6) is 11.5 Å². The fourth-order valence-electron chi connectivity index (χ4n) is 1.80. The number of benzene rings is 2. The van der Waals surface area contributed by atoms with Crippen LogP contribution < -0.4 is 14.8 Å². The molecule has 2 aromatic carbocycles. The Kier molecular flexibility index (Phi) is 5.24. The first-order valence-corrected chi connectivity index (χ1v) is 6.54. The molecule has 0 saturated carbocycles. The maximum absolute atomic E-state index is 13.4. The smallest absolute Gasteiger partial charge is 0.262 e. The van der Waals surface area contributed by atoms with E-state index in [1.807, 2.05) is 0 Å². The highest BCUT2D eigenvalue weighted by Gasteiger charge is 2.11. The second kappa shape index (κ2) is 7.35. The number of ether oxygens (including phenoxy) is 2. The van der Waals surface area contributed by atoms with Gasteiger partial charge in [0.15, 0.2) is 18.1 Å². The number of hydrogen-bond acceptors (Lipinski definition) is 4. The van der Waals surface area contributed by atoms with Crippen LogP contribution in [-0.4, -0.2) is 25.9 Å². The van der Waals surface area contributed by atoms with Gasteiger partial charge in [-0.15, -0.1) is 0 Å². The van der Waals surface area contributed by atoms with Crippen molar-refractivity contribution < 1.29 is 27.8 Å². The van der Waals surface area contributed by atoms with Crippen molar-refractivity contribution in [3.05, 3.63) is 53.6 Å². The third kappa shape index (κ3) is 4.26. The Labute approximate surface area is 130 Å². The van der Waals surface area contributed by atoms with Crippen LogP contribution in [0.1, 0.15) is 10.4 Å². The second-order valence-corrected chi connectivity index (χ2v) is 4.49. The van der Waals surface area contributed by atoms with Crippen molar-refractivity contribution >= 4 is 17.9 Å². The van der Waals surface area contributed by atoms with Gasteiger partial charge in [-0.25, -0.2) is 8.78 Å². The van der Waals surface area contributed by atoms with E-state index in [1.54, 1.807) is 0 Å². The average molecular weight is 321 g/mol. The highest BCUT2D eigenvalue weighted by Crippen LogP contribution is 2.27. The number of methoxy groups -OCH3 is 1. The molecule has 23 heavy (non-hydrogen) atoms. The first kappa shape index (κ1) is 16.4. The molecule has 7 heteroatoms. The van der Waals surface area contributed by atoms with Crippen molar-refractivity contribution in [1.82, 2.24) is 0 Å². The molecule has 0 aliphatic carbocycles.